The standard InChI is InChI=1S/C26H30N8O3S/c1-16-13-17(2)29-26(28-16)38(36,37)32-20-11-9-19(10-12-20)30-25-27-15-18-14-22(24(35)33(3)4)34(23(18)31-25)21-7-5-6-8-21/h9-15,21,32H,5-8H2,1-4H3,(H,27,30,31). The van der Waals surface area contributed by atoms with E-state index in [4.69, 9.17) is 4.98 Å². The Kier molecular flexibility index (Phi) is 6.74. The lowest BCUT2D eigenvalue weighted by Gasteiger charge is -2.19. The zero-order chi connectivity index (χ0) is 27.0. The molecule has 5 rings (SSSR count). The molecule has 2 N–H and O–H groups in total. The average Bonchev–Trinajstić information content (AvgIpc) is 3.51. The van der Waals surface area contributed by atoms with Gasteiger partial charge >= 0.3 is 0 Å². The van der Waals surface area contributed by atoms with E-state index in [-0.39, 0.29) is 17.1 Å². The van der Waals surface area contributed by atoms with E-state index in [1.54, 1.807) is 69.4 Å². The molecule has 0 unspecified atom stereocenters. The molecular weight excluding hydrogens is 504 g/mol. The molecule has 0 aliphatic heterocycles. The maximum absolute atomic E-state index is 12.9. The summed E-state index contributed by atoms with van der Waals surface area (Å²) in [4.78, 5) is 31.8. The lowest BCUT2D eigenvalue weighted by atomic mass is 10.2. The first kappa shape index (κ1) is 25.6. The van der Waals surface area contributed by atoms with Crippen LogP contribution in [0, 0.1) is 13.8 Å². The van der Waals surface area contributed by atoms with Crippen molar-refractivity contribution in [3.05, 3.63) is 59.7 Å². The van der Waals surface area contributed by atoms with Gasteiger partial charge in [0, 0.05) is 54.5 Å². The average molecular weight is 535 g/mol. The molecule has 1 aromatic carbocycles. The summed E-state index contributed by atoms with van der Waals surface area (Å²) in [5.74, 6) is 0.323. The van der Waals surface area contributed by atoms with Crippen molar-refractivity contribution >= 4 is 44.3 Å². The summed E-state index contributed by atoms with van der Waals surface area (Å²) in [5, 5.41) is 3.72. The highest BCUT2D eigenvalue weighted by molar-refractivity contribution is 7.92. The third kappa shape index (κ3) is 5.17. The Morgan fingerprint density at radius 3 is 2.24 bits per heavy atom. The van der Waals surface area contributed by atoms with Crippen LogP contribution >= 0.6 is 0 Å². The van der Waals surface area contributed by atoms with Gasteiger partial charge in [-0.3, -0.25) is 9.52 Å². The number of hydrogen-bond acceptors (Lipinski definition) is 8. The van der Waals surface area contributed by atoms with Gasteiger partial charge in [-0.25, -0.2) is 15.0 Å². The Morgan fingerprint density at radius 2 is 1.61 bits per heavy atom. The monoisotopic (exact) mass is 534 g/mol. The van der Waals surface area contributed by atoms with E-state index in [1.165, 1.54) is 0 Å². The van der Waals surface area contributed by atoms with Gasteiger partial charge < -0.3 is 14.8 Å². The highest BCUT2D eigenvalue weighted by Crippen LogP contribution is 2.35. The van der Waals surface area contributed by atoms with Crippen molar-refractivity contribution < 1.29 is 13.2 Å². The van der Waals surface area contributed by atoms with Crippen molar-refractivity contribution in [3.63, 3.8) is 0 Å². The number of carbonyl (C=O) groups excluding carboxylic acids is 1. The van der Waals surface area contributed by atoms with Gasteiger partial charge in [0.1, 0.15) is 11.3 Å². The van der Waals surface area contributed by atoms with Gasteiger partial charge in [0.25, 0.3) is 21.1 Å². The molecule has 38 heavy (non-hydrogen) atoms. The second-order valence-corrected chi connectivity index (χ2v) is 11.3. The van der Waals surface area contributed by atoms with E-state index in [1.807, 2.05) is 6.07 Å². The van der Waals surface area contributed by atoms with Crippen molar-refractivity contribution in [2.45, 2.75) is 50.7 Å². The first-order valence-electron chi connectivity index (χ1n) is 12.4. The summed E-state index contributed by atoms with van der Waals surface area (Å²) >= 11 is 0. The zero-order valence-corrected chi connectivity index (χ0v) is 22.6. The molecule has 11 nitrogen and oxygen atoms in total. The van der Waals surface area contributed by atoms with E-state index in [2.05, 4.69) is 29.6 Å². The molecule has 1 amide bonds. The number of sulfonamides is 1. The minimum atomic E-state index is -3.93. The Morgan fingerprint density at radius 1 is 0.974 bits per heavy atom. The lowest BCUT2D eigenvalue weighted by Crippen LogP contribution is -2.25. The van der Waals surface area contributed by atoms with Gasteiger partial charge in [0.15, 0.2) is 0 Å². The van der Waals surface area contributed by atoms with Crippen LogP contribution in [0.15, 0.2) is 47.8 Å². The van der Waals surface area contributed by atoms with Crippen LogP contribution in [-0.4, -0.2) is 57.8 Å². The maximum atomic E-state index is 12.9. The highest BCUT2D eigenvalue weighted by Gasteiger charge is 2.26. The van der Waals surface area contributed by atoms with Gasteiger partial charge in [0.05, 0.1) is 0 Å². The second-order valence-electron chi connectivity index (χ2n) is 9.75. The van der Waals surface area contributed by atoms with Gasteiger partial charge in [-0.1, -0.05) is 12.8 Å². The van der Waals surface area contributed by atoms with E-state index in [0.29, 0.717) is 34.4 Å². The molecule has 0 atom stereocenters. The minimum Gasteiger partial charge on any atom is -0.343 e. The summed E-state index contributed by atoms with van der Waals surface area (Å²) in [6, 6.07) is 10.5. The molecule has 3 heterocycles. The number of benzene rings is 1. The predicted octanol–water partition coefficient (Wildman–Crippen LogP) is 4.20. The molecule has 198 valence electrons. The van der Waals surface area contributed by atoms with Crippen LogP contribution in [0.5, 0.6) is 0 Å². The molecule has 1 aliphatic carbocycles. The van der Waals surface area contributed by atoms with Gasteiger partial charge in [-0.05, 0) is 63.1 Å². The van der Waals surface area contributed by atoms with Crippen LogP contribution in [0.25, 0.3) is 11.0 Å². The van der Waals surface area contributed by atoms with Crippen molar-refractivity contribution in [1.29, 1.82) is 0 Å². The number of amides is 1. The fraction of sp³-hybridized carbons (Fsp3) is 0.346. The van der Waals surface area contributed by atoms with Gasteiger partial charge in [-0.2, -0.15) is 13.4 Å². The Balaban J connectivity index is 1.39. The maximum Gasteiger partial charge on any atom is 0.297 e. The Bertz CT molecular complexity index is 1590. The topological polar surface area (TPSA) is 135 Å². The van der Waals surface area contributed by atoms with E-state index in [0.717, 1.165) is 36.7 Å². The molecule has 0 radical (unpaired) electrons. The number of nitrogens with one attached hydrogen (secondary N) is 2. The lowest BCUT2D eigenvalue weighted by molar-refractivity contribution is 0.0815. The Hall–Kier alpha value is -4.06. The highest BCUT2D eigenvalue weighted by atomic mass is 32.2. The fourth-order valence-corrected chi connectivity index (χ4v) is 5.83. The third-order valence-corrected chi connectivity index (χ3v) is 7.65. The number of carbonyl (C=O) groups is 1. The molecule has 0 spiro atoms. The van der Waals surface area contributed by atoms with Crippen molar-refractivity contribution in [2.75, 3.05) is 24.1 Å². The first-order valence-corrected chi connectivity index (χ1v) is 13.9. The van der Waals surface area contributed by atoms with Crippen LogP contribution in [-0.2, 0) is 10.0 Å². The normalized spacial score (nSPS) is 14.1. The van der Waals surface area contributed by atoms with Crippen LogP contribution < -0.4 is 10.0 Å². The molecule has 4 aromatic rings. The number of nitrogens with zero attached hydrogens (tertiary/aromatic N) is 6. The molecule has 1 fully saturated rings. The van der Waals surface area contributed by atoms with E-state index < -0.39 is 10.0 Å². The van der Waals surface area contributed by atoms with Crippen molar-refractivity contribution in [1.82, 2.24) is 29.4 Å². The quantitative estimate of drug-likeness (QED) is 0.337. The van der Waals surface area contributed by atoms with Gasteiger partial charge in [0.2, 0.25) is 5.95 Å². The predicted molar refractivity (Wildman–Crippen MR) is 145 cm³/mol. The van der Waals surface area contributed by atoms with E-state index in [9.17, 15) is 13.2 Å². The van der Waals surface area contributed by atoms with Crippen LogP contribution in [0.3, 0.4) is 0 Å². The first-order chi connectivity index (χ1) is 18.1. The third-order valence-electron chi connectivity index (χ3n) is 6.49. The molecule has 1 aliphatic rings. The van der Waals surface area contributed by atoms with Crippen LogP contribution in [0.2, 0.25) is 0 Å². The fourth-order valence-electron chi connectivity index (χ4n) is 4.76. The van der Waals surface area contributed by atoms with E-state index >= 15 is 0 Å². The molecule has 0 bridgehead atoms. The number of hydrogen-bond donors (Lipinski definition) is 2. The summed E-state index contributed by atoms with van der Waals surface area (Å²) < 4.78 is 30.1. The van der Waals surface area contributed by atoms with Gasteiger partial charge in [-0.15, -0.1) is 0 Å². The number of fused-ring (bicyclic) bond motifs is 1. The smallest absolute Gasteiger partial charge is 0.297 e. The zero-order valence-electron chi connectivity index (χ0n) is 21.8. The summed E-state index contributed by atoms with van der Waals surface area (Å²) in [6.07, 6.45) is 5.99. The second kappa shape index (κ2) is 10.0. The van der Waals surface area contributed by atoms with Crippen LogP contribution in [0.4, 0.5) is 17.3 Å². The van der Waals surface area contributed by atoms with Crippen molar-refractivity contribution in [2.24, 2.45) is 0 Å². The number of aryl methyl sites for hydroxylation is 2. The molecule has 12 heteroatoms. The largest absolute Gasteiger partial charge is 0.343 e. The number of anilines is 3. The summed E-state index contributed by atoms with van der Waals surface area (Å²) in [5.41, 5.74) is 3.54. The molecule has 0 saturated heterocycles. The number of aromatic nitrogens is 5. The molecule has 3 aromatic heterocycles. The minimum absolute atomic E-state index is 0.0614. The Labute approximate surface area is 221 Å². The summed E-state index contributed by atoms with van der Waals surface area (Å²) in [6.45, 7) is 3.44. The van der Waals surface area contributed by atoms with Crippen LogP contribution in [0.1, 0.15) is 53.6 Å². The molecule has 1 saturated carbocycles. The SMILES string of the molecule is Cc1cc(C)nc(S(=O)(=O)Nc2ccc(Nc3ncc4cc(C(=O)N(C)C)n(C5CCCC5)c4n3)cc2)n1. The summed E-state index contributed by atoms with van der Waals surface area (Å²) in [7, 11) is -0.437. The number of rotatable bonds is 7. The molecular formula is C26H30N8O3S. The van der Waals surface area contributed by atoms with Crippen molar-refractivity contribution in [3.8, 4) is 0 Å².